The molecule has 3 aromatic rings. The third-order valence-corrected chi connectivity index (χ3v) is 3.41. The second-order valence-electron chi connectivity index (χ2n) is 5.05. The van der Waals surface area contributed by atoms with Crippen LogP contribution in [0.4, 0.5) is 5.69 Å². The molecule has 0 spiro atoms. The number of carbonyl (C=O) groups is 1. The number of hydrogen-bond acceptors (Lipinski definition) is 4. The first-order valence-corrected chi connectivity index (χ1v) is 7.03. The summed E-state index contributed by atoms with van der Waals surface area (Å²) in [5.74, 6) is -0.257. The lowest BCUT2D eigenvalue weighted by Crippen LogP contribution is -2.12. The number of aromatic nitrogens is 2. The van der Waals surface area contributed by atoms with Gasteiger partial charge >= 0.3 is 0 Å². The van der Waals surface area contributed by atoms with Gasteiger partial charge in [0.2, 0.25) is 5.56 Å². The molecular formula is C17H15N3O3. The number of methoxy groups -OCH3 is 1. The lowest BCUT2D eigenvalue weighted by atomic mass is 10.1. The van der Waals surface area contributed by atoms with Gasteiger partial charge in [-0.05, 0) is 29.8 Å². The molecule has 0 aliphatic rings. The zero-order valence-corrected chi connectivity index (χ0v) is 12.5. The van der Waals surface area contributed by atoms with E-state index in [0.717, 1.165) is 10.9 Å². The minimum atomic E-state index is -0.257. The Hall–Kier alpha value is -2.99. The lowest BCUT2D eigenvalue weighted by molar-refractivity contribution is 0.102. The number of hydrogen-bond donors (Lipinski definition) is 2. The van der Waals surface area contributed by atoms with E-state index in [4.69, 9.17) is 4.74 Å². The van der Waals surface area contributed by atoms with Crippen LogP contribution in [0.15, 0.2) is 53.6 Å². The highest BCUT2D eigenvalue weighted by molar-refractivity contribution is 6.04. The molecule has 0 unspecified atom stereocenters. The van der Waals surface area contributed by atoms with Gasteiger partial charge in [-0.2, -0.15) is 0 Å². The second-order valence-corrected chi connectivity index (χ2v) is 5.05. The van der Waals surface area contributed by atoms with E-state index in [1.165, 1.54) is 12.3 Å². The van der Waals surface area contributed by atoms with Crippen LogP contribution >= 0.6 is 0 Å². The lowest BCUT2D eigenvalue weighted by Gasteiger charge is -2.09. The molecule has 1 aromatic carbocycles. The molecule has 0 atom stereocenters. The van der Waals surface area contributed by atoms with Gasteiger partial charge in [0.15, 0.2) is 0 Å². The van der Waals surface area contributed by atoms with Crippen molar-refractivity contribution in [1.82, 2.24) is 9.97 Å². The third kappa shape index (κ3) is 3.27. The van der Waals surface area contributed by atoms with E-state index in [0.29, 0.717) is 23.4 Å². The SMILES string of the molecule is COCc1cc(=O)[nH]c2cc(NC(=O)c3cccnc3)ccc12. The van der Waals surface area contributed by atoms with Crippen molar-refractivity contribution >= 4 is 22.5 Å². The Morgan fingerprint density at radius 1 is 1.30 bits per heavy atom. The van der Waals surface area contributed by atoms with Gasteiger partial charge in [-0.1, -0.05) is 6.07 Å². The van der Waals surface area contributed by atoms with Crippen molar-refractivity contribution < 1.29 is 9.53 Å². The smallest absolute Gasteiger partial charge is 0.257 e. The van der Waals surface area contributed by atoms with Gasteiger partial charge in [-0.25, -0.2) is 0 Å². The molecule has 0 saturated heterocycles. The summed E-state index contributed by atoms with van der Waals surface area (Å²) in [5.41, 5.74) is 2.30. The highest BCUT2D eigenvalue weighted by atomic mass is 16.5. The molecule has 0 bridgehead atoms. The second kappa shape index (κ2) is 6.41. The van der Waals surface area contributed by atoms with Gasteiger partial charge in [0.05, 0.1) is 17.7 Å². The number of benzene rings is 1. The van der Waals surface area contributed by atoms with E-state index in [2.05, 4.69) is 15.3 Å². The first-order chi connectivity index (χ1) is 11.2. The number of amides is 1. The zero-order chi connectivity index (χ0) is 16.2. The molecule has 6 nitrogen and oxygen atoms in total. The predicted octanol–water partition coefficient (Wildman–Crippen LogP) is 2.32. The minimum absolute atomic E-state index is 0.208. The average Bonchev–Trinajstić information content (AvgIpc) is 2.55. The molecular weight excluding hydrogens is 294 g/mol. The number of rotatable bonds is 4. The monoisotopic (exact) mass is 309 g/mol. The molecule has 0 aliphatic carbocycles. The van der Waals surface area contributed by atoms with Crippen LogP contribution in [0.25, 0.3) is 10.9 Å². The van der Waals surface area contributed by atoms with Crippen LogP contribution in [0.1, 0.15) is 15.9 Å². The summed E-state index contributed by atoms with van der Waals surface area (Å²) in [6.45, 7) is 0.349. The van der Waals surface area contributed by atoms with Gasteiger partial charge in [0, 0.05) is 36.6 Å². The molecule has 116 valence electrons. The predicted molar refractivity (Wildman–Crippen MR) is 87.5 cm³/mol. The van der Waals surface area contributed by atoms with Crippen molar-refractivity contribution in [3.63, 3.8) is 0 Å². The third-order valence-electron chi connectivity index (χ3n) is 3.41. The molecule has 1 amide bonds. The molecule has 0 fully saturated rings. The van der Waals surface area contributed by atoms with Gasteiger partial charge < -0.3 is 15.0 Å². The van der Waals surface area contributed by atoms with E-state index in [1.807, 2.05) is 6.07 Å². The van der Waals surface area contributed by atoms with Crippen LogP contribution in [0.2, 0.25) is 0 Å². The zero-order valence-electron chi connectivity index (χ0n) is 12.5. The standard InChI is InChI=1S/C17H15N3O3/c1-23-10-12-7-16(21)20-15-8-13(4-5-14(12)15)19-17(22)11-3-2-6-18-9-11/h2-9H,10H2,1H3,(H,19,22)(H,20,21). The van der Waals surface area contributed by atoms with Gasteiger partial charge in [0.1, 0.15) is 0 Å². The van der Waals surface area contributed by atoms with Crippen LogP contribution in [0, 0.1) is 0 Å². The van der Waals surface area contributed by atoms with E-state index in [-0.39, 0.29) is 11.5 Å². The number of nitrogens with zero attached hydrogens (tertiary/aromatic N) is 1. The maximum Gasteiger partial charge on any atom is 0.257 e. The molecule has 0 saturated carbocycles. The Kier molecular flexibility index (Phi) is 4.16. The number of carbonyl (C=O) groups excluding carboxylic acids is 1. The summed E-state index contributed by atoms with van der Waals surface area (Å²) < 4.78 is 5.11. The fourth-order valence-corrected chi connectivity index (χ4v) is 2.39. The minimum Gasteiger partial charge on any atom is -0.380 e. The van der Waals surface area contributed by atoms with Crippen LogP contribution < -0.4 is 10.9 Å². The summed E-state index contributed by atoms with van der Waals surface area (Å²) in [4.78, 5) is 30.6. The van der Waals surface area contributed by atoms with E-state index < -0.39 is 0 Å². The molecule has 2 aromatic heterocycles. The Labute approximate surface area is 132 Å². The molecule has 0 aliphatic heterocycles. The molecule has 3 rings (SSSR count). The van der Waals surface area contributed by atoms with E-state index >= 15 is 0 Å². The Morgan fingerprint density at radius 2 is 2.17 bits per heavy atom. The number of H-pyrrole nitrogens is 1. The largest absolute Gasteiger partial charge is 0.380 e. The van der Waals surface area contributed by atoms with Crippen molar-refractivity contribution in [2.45, 2.75) is 6.61 Å². The van der Waals surface area contributed by atoms with Crippen molar-refractivity contribution in [1.29, 1.82) is 0 Å². The van der Waals surface area contributed by atoms with Crippen molar-refractivity contribution in [2.24, 2.45) is 0 Å². The highest BCUT2D eigenvalue weighted by Gasteiger charge is 2.08. The number of nitrogens with one attached hydrogen (secondary N) is 2. The highest BCUT2D eigenvalue weighted by Crippen LogP contribution is 2.20. The Morgan fingerprint density at radius 3 is 2.91 bits per heavy atom. The number of pyridine rings is 2. The van der Waals surface area contributed by atoms with Crippen molar-refractivity contribution in [2.75, 3.05) is 12.4 Å². The summed E-state index contributed by atoms with van der Waals surface area (Å²) >= 11 is 0. The summed E-state index contributed by atoms with van der Waals surface area (Å²) in [6.07, 6.45) is 3.10. The van der Waals surface area contributed by atoms with Crippen molar-refractivity contribution in [3.05, 3.63) is 70.3 Å². The Balaban J connectivity index is 1.94. The molecule has 23 heavy (non-hydrogen) atoms. The average molecular weight is 309 g/mol. The van der Waals surface area contributed by atoms with Crippen LogP contribution in [0.3, 0.4) is 0 Å². The first-order valence-electron chi connectivity index (χ1n) is 7.03. The van der Waals surface area contributed by atoms with Crippen LogP contribution in [-0.4, -0.2) is 23.0 Å². The van der Waals surface area contributed by atoms with Crippen molar-refractivity contribution in [3.8, 4) is 0 Å². The normalized spacial score (nSPS) is 10.7. The quantitative estimate of drug-likeness (QED) is 0.774. The number of anilines is 1. The maximum absolute atomic E-state index is 12.1. The summed E-state index contributed by atoms with van der Waals surface area (Å²) in [5, 5.41) is 3.67. The number of fused-ring (bicyclic) bond motifs is 1. The van der Waals surface area contributed by atoms with Gasteiger partial charge in [-0.15, -0.1) is 0 Å². The number of aromatic amines is 1. The number of ether oxygens (including phenoxy) is 1. The first kappa shape index (κ1) is 14.9. The topological polar surface area (TPSA) is 84.1 Å². The van der Waals surface area contributed by atoms with Gasteiger partial charge in [0.25, 0.3) is 5.91 Å². The molecule has 0 radical (unpaired) electrons. The maximum atomic E-state index is 12.1. The molecule has 6 heteroatoms. The van der Waals surface area contributed by atoms with Gasteiger partial charge in [-0.3, -0.25) is 14.6 Å². The van der Waals surface area contributed by atoms with Crippen LogP contribution in [-0.2, 0) is 11.3 Å². The van der Waals surface area contributed by atoms with E-state index in [1.54, 1.807) is 37.6 Å². The fraction of sp³-hybridized carbons (Fsp3) is 0.118. The Bertz CT molecular complexity index is 904. The molecule has 2 N–H and O–H groups in total. The summed E-state index contributed by atoms with van der Waals surface area (Å²) in [6, 6.07) is 10.3. The summed E-state index contributed by atoms with van der Waals surface area (Å²) in [7, 11) is 1.58. The van der Waals surface area contributed by atoms with E-state index in [9.17, 15) is 9.59 Å². The molecule has 2 heterocycles. The fourth-order valence-electron chi connectivity index (χ4n) is 2.39. The van der Waals surface area contributed by atoms with Crippen LogP contribution in [0.5, 0.6) is 0 Å².